The molecule has 0 atom stereocenters. The summed E-state index contributed by atoms with van der Waals surface area (Å²) < 4.78 is 6.11. The third-order valence-electron chi connectivity index (χ3n) is 1.91. The van der Waals surface area contributed by atoms with Crippen molar-refractivity contribution in [3.8, 4) is 0 Å². The first-order chi connectivity index (χ1) is 7.34. The Labute approximate surface area is 103 Å². The van der Waals surface area contributed by atoms with Crippen molar-refractivity contribution >= 4 is 33.3 Å². The highest BCUT2D eigenvalue weighted by Crippen LogP contribution is 2.22. The number of hydrogen-bond acceptors (Lipinski definition) is 3. The molecule has 0 aromatic carbocycles. The molecule has 1 heterocycles. The van der Waals surface area contributed by atoms with Gasteiger partial charge in [-0.1, -0.05) is 12.2 Å². The van der Waals surface area contributed by atoms with E-state index in [0.717, 1.165) is 26.1 Å². The minimum absolute atomic E-state index is 0.778. The van der Waals surface area contributed by atoms with E-state index in [2.05, 4.69) is 44.2 Å². The van der Waals surface area contributed by atoms with Crippen molar-refractivity contribution < 1.29 is 4.74 Å². The van der Waals surface area contributed by atoms with Crippen LogP contribution in [0.15, 0.2) is 21.3 Å². The van der Waals surface area contributed by atoms with Crippen LogP contribution in [0.5, 0.6) is 0 Å². The van der Waals surface area contributed by atoms with Crippen molar-refractivity contribution in [3.63, 3.8) is 0 Å². The SMILES string of the molecule is COCCNCCC=Cc1cscc1Br. The van der Waals surface area contributed by atoms with E-state index in [1.165, 1.54) is 10.0 Å². The molecule has 0 spiro atoms. The van der Waals surface area contributed by atoms with E-state index in [-0.39, 0.29) is 0 Å². The summed E-state index contributed by atoms with van der Waals surface area (Å²) in [4.78, 5) is 0. The third kappa shape index (κ3) is 5.47. The van der Waals surface area contributed by atoms with Gasteiger partial charge in [-0.2, -0.15) is 11.3 Å². The van der Waals surface area contributed by atoms with Gasteiger partial charge in [-0.25, -0.2) is 0 Å². The van der Waals surface area contributed by atoms with E-state index < -0.39 is 0 Å². The van der Waals surface area contributed by atoms with E-state index >= 15 is 0 Å². The summed E-state index contributed by atoms with van der Waals surface area (Å²) in [6, 6.07) is 0. The van der Waals surface area contributed by atoms with Crippen LogP contribution in [0.3, 0.4) is 0 Å². The fraction of sp³-hybridized carbons (Fsp3) is 0.455. The molecule has 0 saturated heterocycles. The van der Waals surface area contributed by atoms with E-state index in [0.29, 0.717) is 0 Å². The summed E-state index contributed by atoms with van der Waals surface area (Å²) in [6.07, 6.45) is 5.39. The Balaban J connectivity index is 2.10. The molecule has 1 rings (SSSR count). The molecule has 1 N–H and O–H groups in total. The molecule has 0 unspecified atom stereocenters. The number of ether oxygens (including phenoxy) is 1. The Morgan fingerprint density at radius 2 is 2.33 bits per heavy atom. The molecular weight excluding hydrogens is 274 g/mol. The van der Waals surface area contributed by atoms with Gasteiger partial charge in [0, 0.05) is 23.5 Å². The molecule has 0 aliphatic rings. The predicted molar refractivity (Wildman–Crippen MR) is 70.4 cm³/mol. The lowest BCUT2D eigenvalue weighted by Crippen LogP contribution is -2.19. The van der Waals surface area contributed by atoms with Gasteiger partial charge >= 0.3 is 0 Å². The van der Waals surface area contributed by atoms with Crippen LogP contribution in [0, 0.1) is 0 Å². The van der Waals surface area contributed by atoms with Gasteiger partial charge < -0.3 is 10.1 Å². The second-order valence-corrected chi connectivity index (χ2v) is 4.71. The molecule has 0 radical (unpaired) electrons. The van der Waals surface area contributed by atoms with Gasteiger partial charge in [0.05, 0.1) is 6.61 Å². The van der Waals surface area contributed by atoms with E-state index in [9.17, 15) is 0 Å². The first-order valence-electron chi connectivity index (χ1n) is 4.92. The molecule has 0 aliphatic carbocycles. The second kappa shape index (κ2) is 8.05. The number of hydrogen-bond donors (Lipinski definition) is 1. The second-order valence-electron chi connectivity index (χ2n) is 3.11. The van der Waals surface area contributed by atoms with Gasteiger partial charge in [0.2, 0.25) is 0 Å². The predicted octanol–water partition coefficient (Wildman–Crippen LogP) is 3.15. The van der Waals surface area contributed by atoms with Crippen LogP contribution in [0.1, 0.15) is 12.0 Å². The summed E-state index contributed by atoms with van der Waals surface area (Å²) >= 11 is 5.21. The number of thiophene rings is 1. The molecule has 1 aromatic heterocycles. The highest BCUT2D eigenvalue weighted by Gasteiger charge is 1.94. The topological polar surface area (TPSA) is 21.3 Å². The van der Waals surface area contributed by atoms with Gasteiger partial charge in [-0.05, 0) is 39.8 Å². The largest absolute Gasteiger partial charge is 0.383 e. The highest BCUT2D eigenvalue weighted by molar-refractivity contribution is 9.10. The first-order valence-corrected chi connectivity index (χ1v) is 6.66. The zero-order valence-corrected chi connectivity index (χ0v) is 11.2. The Morgan fingerprint density at radius 1 is 1.47 bits per heavy atom. The summed E-state index contributed by atoms with van der Waals surface area (Å²) in [6.45, 7) is 2.70. The number of methoxy groups -OCH3 is 1. The molecule has 1 aromatic rings. The molecule has 15 heavy (non-hydrogen) atoms. The van der Waals surface area contributed by atoms with Crippen LogP contribution in [0.4, 0.5) is 0 Å². The minimum Gasteiger partial charge on any atom is -0.383 e. The fourth-order valence-corrected chi connectivity index (χ4v) is 2.50. The van der Waals surface area contributed by atoms with Crippen LogP contribution in [-0.2, 0) is 4.74 Å². The summed E-state index contributed by atoms with van der Waals surface area (Å²) in [5.74, 6) is 0. The lowest BCUT2D eigenvalue weighted by molar-refractivity contribution is 0.199. The highest BCUT2D eigenvalue weighted by atomic mass is 79.9. The van der Waals surface area contributed by atoms with Crippen LogP contribution >= 0.6 is 27.3 Å². The zero-order valence-electron chi connectivity index (χ0n) is 8.83. The summed E-state index contributed by atoms with van der Waals surface area (Å²) in [5.41, 5.74) is 1.26. The summed E-state index contributed by atoms with van der Waals surface area (Å²) in [5, 5.41) is 7.53. The van der Waals surface area contributed by atoms with Gasteiger partial charge in [0.25, 0.3) is 0 Å². The Morgan fingerprint density at radius 3 is 3.00 bits per heavy atom. The maximum absolute atomic E-state index is 4.94. The summed E-state index contributed by atoms with van der Waals surface area (Å²) in [7, 11) is 1.72. The molecule has 0 amide bonds. The van der Waals surface area contributed by atoms with Crippen LogP contribution in [0.2, 0.25) is 0 Å². The smallest absolute Gasteiger partial charge is 0.0587 e. The van der Waals surface area contributed by atoms with E-state index in [1.807, 2.05) is 0 Å². The molecule has 0 bridgehead atoms. The van der Waals surface area contributed by atoms with Crippen LogP contribution in [-0.4, -0.2) is 26.8 Å². The molecule has 84 valence electrons. The van der Waals surface area contributed by atoms with Crippen molar-refractivity contribution in [2.45, 2.75) is 6.42 Å². The normalized spacial score (nSPS) is 11.3. The molecule has 2 nitrogen and oxygen atoms in total. The molecular formula is C11H16BrNOS. The maximum Gasteiger partial charge on any atom is 0.0587 e. The number of rotatable bonds is 7. The van der Waals surface area contributed by atoms with Crippen molar-refractivity contribution in [1.29, 1.82) is 0 Å². The van der Waals surface area contributed by atoms with Crippen LogP contribution < -0.4 is 5.32 Å². The van der Waals surface area contributed by atoms with E-state index in [4.69, 9.17) is 4.74 Å². The number of halogens is 1. The Bertz CT molecular complexity index is 299. The van der Waals surface area contributed by atoms with E-state index in [1.54, 1.807) is 18.4 Å². The Hall–Kier alpha value is -0.160. The average molecular weight is 290 g/mol. The van der Waals surface area contributed by atoms with Crippen LogP contribution in [0.25, 0.3) is 6.08 Å². The van der Waals surface area contributed by atoms with Crippen molar-refractivity contribution in [1.82, 2.24) is 5.32 Å². The quantitative estimate of drug-likeness (QED) is 0.779. The van der Waals surface area contributed by atoms with Gasteiger partial charge in [0.1, 0.15) is 0 Å². The van der Waals surface area contributed by atoms with Crippen molar-refractivity contribution in [2.24, 2.45) is 0 Å². The van der Waals surface area contributed by atoms with Gasteiger partial charge in [-0.15, -0.1) is 0 Å². The average Bonchev–Trinajstić information content (AvgIpc) is 2.63. The molecule has 4 heteroatoms. The molecule has 0 aliphatic heterocycles. The molecule has 0 saturated carbocycles. The van der Waals surface area contributed by atoms with Gasteiger partial charge in [-0.3, -0.25) is 0 Å². The lowest BCUT2D eigenvalue weighted by atomic mass is 10.3. The fourth-order valence-electron chi connectivity index (χ4n) is 1.11. The minimum atomic E-state index is 0.778. The Kier molecular flexibility index (Phi) is 6.92. The van der Waals surface area contributed by atoms with Crippen molar-refractivity contribution in [2.75, 3.05) is 26.8 Å². The number of nitrogens with one attached hydrogen (secondary N) is 1. The molecule has 0 fully saturated rings. The lowest BCUT2D eigenvalue weighted by Gasteiger charge is -2.00. The van der Waals surface area contributed by atoms with Gasteiger partial charge in [0.15, 0.2) is 0 Å². The first kappa shape index (κ1) is 12.9. The monoisotopic (exact) mass is 289 g/mol. The zero-order chi connectivity index (χ0) is 10.9. The third-order valence-corrected chi connectivity index (χ3v) is 3.66. The van der Waals surface area contributed by atoms with Crippen molar-refractivity contribution in [3.05, 3.63) is 26.9 Å². The standard InChI is InChI=1S/C11H16BrNOS/c1-14-7-6-13-5-3-2-4-10-8-15-9-11(10)12/h2,4,8-9,13H,3,5-7H2,1H3. The maximum atomic E-state index is 4.94.